The van der Waals surface area contributed by atoms with E-state index in [2.05, 4.69) is 22.0 Å². The molecule has 2 aromatic heterocycles. The number of hydrogen-bond acceptors (Lipinski definition) is 5. The largest absolute Gasteiger partial charge is 0.385 e. The van der Waals surface area contributed by atoms with Gasteiger partial charge in [-0.25, -0.2) is 4.98 Å². The Morgan fingerprint density at radius 2 is 1.61 bits per heavy atom. The highest BCUT2D eigenvalue weighted by Gasteiger charge is 2.34. The first kappa shape index (κ1) is 21.6. The maximum atomic E-state index is 12.8. The average Bonchev–Trinajstić information content (AvgIpc) is 3.37. The van der Waals surface area contributed by atoms with Crippen LogP contribution in [0.15, 0.2) is 91.1 Å². The van der Waals surface area contributed by atoms with Crippen molar-refractivity contribution in [3.63, 3.8) is 0 Å². The third-order valence-corrected chi connectivity index (χ3v) is 7.51. The molecule has 0 atom stereocenters. The second kappa shape index (κ2) is 9.30. The quantitative estimate of drug-likeness (QED) is 0.379. The van der Waals surface area contributed by atoms with Crippen LogP contribution in [0.25, 0.3) is 10.4 Å². The van der Waals surface area contributed by atoms with Crippen LogP contribution < -0.4 is 4.90 Å². The molecule has 0 radical (unpaired) electrons. The summed E-state index contributed by atoms with van der Waals surface area (Å²) in [5, 5.41) is 11.0. The number of benzene rings is 2. The predicted octanol–water partition coefficient (Wildman–Crippen LogP) is 5.72. The molecule has 1 saturated heterocycles. The van der Waals surface area contributed by atoms with E-state index in [4.69, 9.17) is 0 Å². The van der Waals surface area contributed by atoms with E-state index < -0.39 is 5.60 Å². The van der Waals surface area contributed by atoms with Crippen molar-refractivity contribution in [1.29, 1.82) is 0 Å². The summed E-state index contributed by atoms with van der Waals surface area (Å²) in [6.45, 7) is 1.49. The van der Waals surface area contributed by atoms with Crippen molar-refractivity contribution in [1.82, 2.24) is 4.98 Å². The number of thiophene rings is 1. The Kier molecular flexibility index (Phi) is 6.07. The molecule has 3 heterocycles. The summed E-state index contributed by atoms with van der Waals surface area (Å²) < 4.78 is 0. The molecule has 0 amide bonds. The molecule has 166 valence electrons. The standard InChI is InChI=1S/C28H26N2O2S/c31-24(26-13-12-25(33-26)22-7-3-1-4-8-22)19-21-11-14-27(29-20-21)30-17-15-28(32,16-18-30)23-9-5-2-6-10-23/h1-14,20,32H,15-19H2. The molecule has 33 heavy (non-hydrogen) atoms. The summed E-state index contributed by atoms with van der Waals surface area (Å²) in [7, 11) is 0. The Bertz CT molecular complexity index is 1210. The Balaban J connectivity index is 1.20. The fourth-order valence-electron chi connectivity index (χ4n) is 4.37. The summed E-state index contributed by atoms with van der Waals surface area (Å²) in [6.07, 6.45) is 3.48. The van der Waals surface area contributed by atoms with Crippen LogP contribution in [0.3, 0.4) is 0 Å². The van der Waals surface area contributed by atoms with Gasteiger partial charge in [-0.15, -0.1) is 11.3 Å². The van der Waals surface area contributed by atoms with Crippen molar-refractivity contribution in [3.05, 3.63) is 107 Å². The zero-order valence-electron chi connectivity index (χ0n) is 18.4. The number of Topliss-reactive ketones (excluding diaryl/α,β-unsaturated/α-hetero) is 1. The maximum Gasteiger partial charge on any atom is 0.177 e. The van der Waals surface area contributed by atoms with Gasteiger partial charge < -0.3 is 10.0 Å². The zero-order valence-corrected chi connectivity index (χ0v) is 19.2. The maximum absolute atomic E-state index is 12.8. The van der Waals surface area contributed by atoms with Crippen molar-refractivity contribution in [2.24, 2.45) is 0 Å². The molecule has 5 heteroatoms. The van der Waals surface area contributed by atoms with Gasteiger partial charge in [-0.2, -0.15) is 0 Å². The van der Waals surface area contributed by atoms with Gasteiger partial charge in [-0.05, 0) is 47.7 Å². The minimum atomic E-state index is -0.774. The molecular weight excluding hydrogens is 428 g/mol. The van der Waals surface area contributed by atoms with Crippen molar-refractivity contribution in [2.45, 2.75) is 24.9 Å². The fraction of sp³-hybridized carbons (Fsp3) is 0.214. The smallest absolute Gasteiger partial charge is 0.177 e. The highest BCUT2D eigenvalue weighted by Crippen LogP contribution is 2.34. The number of carbonyl (C=O) groups is 1. The molecule has 0 saturated carbocycles. The van der Waals surface area contributed by atoms with Crippen molar-refractivity contribution < 1.29 is 9.90 Å². The minimum Gasteiger partial charge on any atom is -0.385 e. The van der Waals surface area contributed by atoms with Crippen LogP contribution in [0.4, 0.5) is 5.82 Å². The Morgan fingerprint density at radius 3 is 2.27 bits per heavy atom. The first-order valence-corrected chi connectivity index (χ1v) is 12.1. The van der Waals surface area contributed by atoms with Crippen LogP contribution in [0.5, 0.6) is 0 Å². The van der Waals surface area contributed by atoms with Gasteiger partial charge in [0.1, 0.15) is 5.82 Å². The summed E-state index contributed by atoms with van der Waals surface area (Å²) >= 11 is 1.54. The van der Waals surface area contributed by atoms with Crippen molar-refractivity contribution in [2.75, 3.05) is 18.0 Å². The highest BCUT2D eigenvalue weighted by molar-refractivity contribution is 7.17. The van der Waals surface area contributed by atoms with Gasteiger partial charge >= 0.3 is 0 Å². The highest BCUT2D eigenvalue weighted by atomic mass is 32.1. The molecular formula is C28H26N2O2S. The molecule has 4 nitrogen and oxygen atoms in total. The number of carbonyl (C=O) groups excluding carboxylic acids is 1. The lowest BCUT2D eigenvalue weighted by atomic mass is 9.84. The van der Waals surface area contributed by atoms with Crippen molar-refractivity contribution >= 4 is 22.9 Å². The fourth-order valence-corrected chi connectivity index (χ4v) is 5.32. The van der Waals surface area contributed by atoms with Gasteiger partial charge in [0.15, 0.2) is 5.78 Å². The first-order valence-electron chi connectivity index (χ1n) is 11.3. The van der Waals surface area contributed by atoms with Gasteiger partial charge in [-0.3, -0.25) is 4.79 Å². The number of ketones is 1. The lowest BCUT2D eigenvalue weighted by Gasteiger charge is -2.39. The van der Waals surface area contributed by atoms with E-state index in [1.54, 1.807) is 6.20 Å². The van der Waals surface area contributed by atoms with E-state index >= 15 is 0 Å². The lowest BCUT2D eigenvalue weighted by Crippen LogP contribution is -2.42. The lowest BCUT2D eigenvalue weighted by molar-refractivity contribution is 0.0116. The number of aromatic nitrogens is 1. The summed E-state index contributed by atoms with van der Waals surface area (Å²) in [5.41, 5.74) is 2.25. The number of hydrogen-bond donors (Lipinski definition) is 1. The molecule has 1 N–H and O–H groups in total. The van der Waals surface area contributed by atoms with Gasteiger partial charge in [-0.1, -0.05) is 66.7 Å². The number of anilines is 1. The number of aliphatic hydroxyl groups is 1. The Labute approximate surface area is 198 Å². The molecule has 1 aliphatic heterocycles. The number of pyridine rings is 1. The molecule has 2 aromatic carbocycles. The number of nitrogens with zero attached hydrogens (tertiary/aromatic N) is 2. The van der Waals surface area contributed by atoms with Gasteiger partial charge in [0.05, 0.1) is 10.5 Å². The monoisotopic (exact) mass is 454 g/mol. The topological polar surface area (TPSA) is 53.4 Å². The van der Waals surface area contributed by atoms with E-state index in [0.29, 0.717) is 19.3 Å². The minimum absolute atomic E-state index is 0.114. The molecule has 5 rings (SSSR count). The predicted molar refractivity (Wildman–Crippen MR) is 134 cm³/mol. The van der Waals surface area contributed by atoms with Crippen LogP contribution in [0.2, 0.25) is 0 Å². The second-order valence-corrected chi connectivity index (χ2v) is 9.62. The molecule has 1 aliphatic rings. The molecule has 1 fully saturated rings. The van der Waals surface area contributed by atoms with Crippen LogP contribution in [-0.4, -0.2) is 29.0 Å². The summed E-state index contributed by atoms with van der Waals surface area (Å²) in [6, 6.07) is 27.9. The van der Waals surface area contributed by atoms with Crippen LogP contribution in [0, 0.1) is 0 Å². The zero-order chi connectivity index (χ0) is 22.7. The van der Waals surface area contributed by atoms with E-state index in [1.165, 1.54) is 11.3 Å². The molecule has 0 unspecified atom stereocenters. The molecule has 0 spiro atoms. The van der Waals surface area contributed by atoms with Crippen LogP contribution in [-0.2, 0) is 12.0 Å². The van der Waals surface area contributed by atoms with E-state index in [0.717, 1.165) is 45.4 Å². The van der Waals surface area contributed by atoms with Gasteiger partial charge in [0.2, 0.25) is 0 Å². The number of rotatable bonds is 6. The van der Waals surface area contributed by atoms with Crippen LogP contribution in [0.1, 0.15) is 33.6 Å². The third-order valence-electron chi connectivity index (χ3n) is 6.34. The van der Waals surface area contributed by atoms with E-state index in [-0.39, 0.29) is 5.78 Å². The summed E-state index contributed by atoms with van der Waals surface area (Å²) in [5.74, 6) is 1.01. The van der Waals surface area contributed by atoms with Crippen LogP contribution >= 0.6 is 11.3 Å². The molecule has 0 aliphatic carbocycles. The van der Waals surface area contributed by atoms with Gasteiger partial charge in [0, 0.05) is 30.6 Å². The third kappa shape index (κ3) is 4.75. The Hall–Kier alpha value is -3.28. The number of piperidine rings is 1. The Morgan fingerprint density at radius 1 is 0.909 bits per heavy atom. The van der Waals surface area contributed by atoms with E-state index in [1.807, 2.05) is 72.8 Å². The van der Waals surface area contributed by atoms with Crippen molar-refractivity contribution in [3.8, 4) is 10.4 Å². The van der Waals surface area contributed by atoms with E-state index in [9.17, 15) is 9.90 Å². The SMILES string of the molecule is O=C(Cc1ccc(N2CCC(O)(c3ccccc3)CC2)nc1)c1ccc(-c2ccccc2)s1. The normalized spacial score (nSPS) is 15.4. The molecule has 4 aromatic rings. The molecule has 0 bridgehead atoms. The summed E-state index contributed by atoms with van der Waals surface area (Å²) in [4.78, 5) is 21.5. The second-order valence-electron chi connectivity index (χ2n) is 8.54. The average molecular weight is 455 g/mol. The van der Waals surface area contributed by atoms with Gasteiger partial charge in [0.25, 0.3) is 0 Å². The first-order chi connectivity index (χ1) is 16.1.